The molecular formula is C16H21FN2O. The van der Waals surface area contributed by atoms with Crippen molar-refractivity contribution in [3.63, 3.8) is 0 Å². The van der Waals surface area contributed by atoms with Crippen LogP contribution < -0.4 is 5.73 Å². The van der Waals surface area contributed by atoms with Gasteiger partial charge in [0.2, 0.25) is 5.91 Å². The topological polar surface area (TPSA) is 46.3 Å². The van der Waals surface area contributed by atoms with Gasteiger partial charge in [0.1, 0.15) is 5.82 Å². The predicted molar refractivity (Wildman–Crippen MR) is 78.5 cm³/mol. The predicted octanol–water partition coefficient (Wildman–Crippen LogP) is 2.57. The van der Waals surface area contributed by atoms with Crippen LogP contribution >= 0.6 is 0 Å². The molecule has 0 saturated carbocycles. The number of carbonyl (C=O) groups excluding carboxylic acids is 1. The third-order valence-corrected chi connectivity index (χ3v) is 3.70. The molecule has 0 spiro atoms. The number of hydrogen-bond donors (Lipinski definition) is 1. The standard InChI is InChI=1S/C16H21FN2O/c17-14-7-4-13(5-8-14)6-9-16(20)19-12-2-1-3-15(19)10-11-18/h4-9,15H,1-3,10-12,18H2. The number of carbonyl (C=O) groups is 1. The monoisotopic (exact) mass is 276 g/mol. The summed E-state index contributed by atoms with van der Waals surface area (Å²) in [6.45, 7) is 1.41. The zero-order valence-electron chi connectivity index (χ0n) is 11.6. The number of rotatable bonds is 4. The molecule has 1 atom stereocenters. The van der Waals surface area contributed by atoms with Crippen LogP contribution in [-0.2, 0) is 4.79 Å². The average Bonchev–Trinajstić information content (AvgIpc) is 2.47. The van der Waals surface area contributed by atoms with E-state index in [4.69, 9.17) is 5.73 Å². The summed E-state index contributed by atoms with van der Waals surface area (Å²) in [4.78, 5) is 14.2. The summed E-state index contributed by atoms with van der Waals surface area (Å²) in [7, 11) is 0. The molecule has 2 rings (SSSR count). The van der Waals surface area contributed by atoms with Crippen LogP contribution in [0.3, 0.4) is 0 Å². The fraction of sp³-hybridized carbons (Fsp3) is 0.438. The first kappa shape index (κ1) is 14.7. The first-order chi connectivity index (χ1) is 9.70. The van der Waals surface area contributed by atoms with Crippen molar-refractivity contribution < 1.29 is 9.18 Å². The highest BCUT2D eigenvalue weighted by Crippen LogP contribution is 2.19. The third kappa shape index (κ3) is 3.90. The molecule has 2 N–H and O–H groups in total. The zero-order chi connectivity index (χ0) is 14.4. The molecule has 1 aliphatic heterocycles. The summed E-state index contributed by atoms with van der Waals surface area (Å²) in [6.07, 6.45) is 7.41. The number of benzene rings is 1. The maximum atomic E-state index is 12.8. The van der Waals surface area contributed by atoms with Crippen molar-refractivity contribution in [2.45, 2.75) is 31.7 Å². The van der Waals surface area contributed by atoms with Crippen molar-refractivity contribution in [3.8, 4) is 0 Å². The molecule has 0 aromatic heterocycles. The van der Waals surface area contributed by atoms with Crippen molar-refractivity contribution >= 4 is 12.0 Å². The molecule has 0 radical (unpaired) electrons. The second-order valence-corrected chi connectivity index (χ2v) is 5.14. The van der Waals surface area contributed by atoms with Crippen molar-refractivity contribution in [2.75, 3.05) is 13.1 Å². The molecule has 1 fully saturated rings. The fourth-order valence-corrected chi connectivity index (χ4v) is 2.62. The van der Waals surface area contributed by atoms with Gasteiger partial charge in [0.05, 0.1) is 0 Å². The zero-order valence-corrected chi connectivity index (χ0v) is 11.6. The number of nitrogens with zero attached hydrogens (tertiary/aromatic N) is 1. The summed E-state index contributed by atoms with van der Waals surface area (Å²) in [6, 6.07) is 6.36. The molecule has 3 nitrogen and oxygen atoms in total. The number of amides is 1. The van der Waals surface area contributed by atoms with Crippen molar-refractivity contribution in [1.82, 2.24) is 4.90 Å². The molecule has 20 heavy (non-hydrogen) atoms. The smallest absolute Gasteiger partial charge is 0.246 e. The molecule has 1 aromatic carbocycles. The Morgan fingerprint density at radius 3 is 2.80 bits per heavy atom. The number of hydrogen-bond acceptors (Lipinski definition) is 2. The maximum absolute atomic E-state index is 12.8. The normalized spacial score (nSPS) is 19.5. The fourth-order valence-electron chi connectivity index (χ4n) is 2.62. The van der Waals surface area contributed by atoms with Crippen molar-refractivity contribution in [1.29, 1.82) is 0 Å². The summed E-state index contributed by atoms with van der Waals surface area (Å²) in [5.41, 5.74) is 6.44. The molecular weight excluding hydrogens is 255 g/mol. The number of likely N-dealkylation sites (tertiary alicyclic amines) is 1. The van der Waals surface area contributed by atoms with E-state index in [1.54, 1.807) is 24.3 Å². The Morgan fingerprint density at radius 2 is 2.10 bits per heavy atom. The molecule has 108 valence electrons. The van der Waals surface area contributed by atoms with Gasteiger partial charge < -0.3 is 10.6 Å². The lowest BCUT2D eigenvalue weighted by atomic mass is 9.99. The van der Waals surface area contributed by atoms with Crippen LogP contribution in [0, 0.1) is 5.82 Å². The summed E-state index contributed by atoms with van der Waals surface area (Å²) < 4.78 is 12.8. The highest BCUT2D eigenvalue weighted by atomic mass is 19.1. The van der Waals surface area contributed by atoms with Crippen LogP contribution in [0.1, 0.15) is 31.2 Å². The van der Waals surface area contributed by atoms with Crippen molar-refractivity contribution in [2.24, 2.45) is 5.73 Å². The van der Waals surface area contributed by atoms with Gasteiger partial charge in [-0.1, -0.05) is 12.1 Å². The van der Waals surface area contributed by atoms with Gasteiger partial charge in [0.15, 0.2) is 0 Å². The Morgan fingerprint density at radius 1 is 1.35 bits per heavy atom. The van der Waals surface area contributed by atoms with E-state index in [0.29, 0.717) is 6.54 Å². The van der Waals surface area contributed by atoms with E-state index in [-0.39, 0.29) is 17.8 Å². The first-order valence-corrected chi connectivity index (χ1v) is 7.15. The van der Waals surface area contributed by atoms with Gasteiger partial charge in [-0.25, -0.2) is 4.39 Å². The molecule has 4 heteroatoms. The Kier molecular flexibility index (Phi) is 5.30. The van der Waals surface area contributed by atoms with E-state index in [0.717, 1.165) is 37.8 Å². The largest absolute Gasteiger partial charge is 0.336 e. The summed E-state index contributed by atoms with van der Waals surface area (Å²) in [5, 5.41) is 0. The molecule has 0 bridgehead atoms. The highest BCUT2D eigenvalue weighted by molar-refractivity contribution is 5.92. The van der Waals surface area contributed by atoms with Gasteiger partial charge in [-0.05, 0) is 56.0 Å². The van der Waals surface area contributed by atoms with Crippen LogP contribution in [0.2, 0.25) is 0 Å². The Balaban J connectivity index is 2.00. The van der Waals surface area contributed by atoms with Crippen LogP contribution in [0.25, 0.3) is 6.08 Å². The summed E-state index contributed by atoms with van der Waals surface area (Å²) in [5.74, 6) is -0.250. The van der Waals surface area contributed by atoms with Crippen molar-refractivity contribution in [3.05, 3.63) is 41.7 Å². The van der Waals surface area contributed by atoms with E-state index in [2.05, 4.69) is 0 Å². The first-order valence-electron chi connectivity index (χ1n) is 7.15. The summed E-state index contributed by atoms with van der Waals surface area (Å²) >= 11 is 0. The number of nitrogens with two attached hydrogens (primary N) is 1. The van der Waals surface area contributed by atoms with Crippen LogP contribution in [0.15, 0.2) is 30.3 Å². The van der Waals surface area contributed by atoms with E-state index in [1.165, 1.54) is 12.1 Å². The lowest BCUT2D eigenvalue weighted by Crippen LogP contribution is -2.43. The van der Waals surface area contributed by atoms with E-state index >= 15 is 0 Å². The van der Waals surface area contributed by atoms with E-state index in [9.17, 15) is 9.18 Å². The minimum Gasteiger partial charge on any atom is -0.336 e. The van der Waals surface area contributed by atoms with Crippen LogP contribution in [0.5, 0.6) is 0 Å². The molecule has 1 aliphatic rings. The van der Waals surface area contributed by atoms with Gasteiger partial charge in [-0.3, -0.25) is 4.79 Å². The Labute approximate surface area is 119 Å². The minimum atomic E-state index is -0.271. The lowest BCUT2D eigenvalue weighted by Gasteiger charge is -2.35. The number of halogens is 1. The number of piperidine rings is 1. The van der Waals surface area contributed by atoms with Gasteiger partial charge >= 0.3 is 0 Å². The minimum absolute atomic E-state index is 0.0208. The quantitative estimate of drug-likeness (QED) is 0.859. The van der Waals surface area contributed by atoms with E-state index < -0.39 is 0 Å². The van der Waals surface area contributed by atoms with Crippen LogP contribution in [-0.4, -0.2) is 29.9 Å². The van der Waals surface area contributed by atoms with Gasteiger partial charge in [-0.2, -0.15) is 0 Å². The maximum Gasteiger partial charge on any atom is 0.246 e. The molecule has 1 unspecified atom stereocenters. The molecule has 1 heterocycles. The third-order valence-electron chi connectivity index (χ3n) is 3.70. The highest BCUT2D eigenvalue weighted by Gasteiger charge is 2.24. The SMILES string of the molecule is NCCC1CCCCN1C(=O)C=Cc1ccc(F)cc1. The molecule has 1 amide bonds. The molecule has 1 saturated heterocycles. The average molecular weight is 276 g/mol. The molecule has 1 aromatic rings. The second kappa shape index (κ2) is 7.20. The molecule has 0 aliphatic carbocycles. The van der Waals surface area contributed by atoms with Gasteiger partial charge in [-0.15, -0.1) is 0 Å². The Hall–Kier alpha value is -1.68. The Bertz CT molecular complexity index is 468. The lowest BCUT2D eigenvalue weighted by molar-refractivity contribution is -0.129. The second-order valence-electron chi connectivity index (χ2n) is 5.14. The van der Waals surface area contributed by atoms with Crippen LogP contribution in [0.4, 0.5) is 4.39 Å². The van der Waals surface area contributed by atoms with E-state index in [1.807, 2.05) is 4.90 Å². The van der Waals surface area contributed by atoms with Gasteiger partial charge in [0.25, 0.3) is 0 Å². The van der Waals surface area contributed by atoms with Gasteiger partial charge in [0, 0.05) is 18.7 Å².